The lowest BCUT2D eigenvalue weighted by atomic mass is 9.97. The zero-order valence-corrected chi connectivity index (χ0v) is 19.5. The molecule has 1 N–H and O–H groups in total. The molecular weight excluding hydrogens is 418 g/mol. The van der Waals surface area contributed by atoms with E-state index >= 15 is 0 Å². The Labute approximate surface area is 187 Å². The Hall–Kier alpha value is -1.79. The van der Waals surface area contributed by atoms with Crippen molar-refractivity contribution in [2.45, 2.75) is 58.5 Å². The summed E-state index contributed by atoms with van der Waals surface area (Å²) in [5.41, 5.74) is 3.17. The largest absolute Gasteiger partial charge is 0.444 e. The van der Waals surface area contributed by atoms with Crippen LogP contribution in [-0.4, -0.2) is 41.2 Å². The molecule has 1 aromatic carbocycles. The van der Waals surface area contributed by atoms with Crippen LogP contribution in [0.15, 0.2) is 18.2 Å². The summed E-state index contributed by atoms with van der Waals surface area (Å²) in [6.07, 6.45) is 5.05. The lowest BCUT2D eigenvalue weighted by Crippen LogP contribution is -2.42. The summed E-state index contributed by atoms with van der Waals surface area (Å²) in [6.45, 7) is 8.11. The first kappa shape index (κ1) is 21.4. The van der Waals surface area contributed by atoms with E-state index in [0.717, 1.165) is 67.6 Å². The number of amides is 1. The summed E-state index contributed by atoms with van der Waals surface area (Å²) in [6, 6.07) is 6.16. The number of aryl methyl sites for hydroxylation is 2. The molecule has 7 heteroatoms. The third kappa shape index (κ3) is 5.09. The highest BCUT2D eigenvalue weighted by Gasteiger charge is 2.27. The Bertz CT molecular complexity index is 914. The van der Waals surface area contributed by atoms with Gasteiger partial charge in [-0.15, -0.1) is 11.3 Å². The maximum absolute atomic E-state index is 12.2. The normalized spacial score (nSPS) is 17.1. The first-order valence-corrected chi connectivity index (χ1v) is 12.0. The molecule has 0 atom stereocenters. The van der Waals surface area contributed by atoms with Gasteiger partial charge in [0.05, 0.1) is 5.69 Å². The third-order valence-electron chi connectivity index (χ3n) is 5.68. The van der Waals surface area contributed by atoms with Crippen LogP contribution >= 0.6 is 22.9 Å². The Kier molecular flexibility index (Phi) is 6.26. The lowest BCUT2D eigenvalue weighted by molar-refractivity contribution is 0.0188. The quantitative estimate of drug-likeness (QED) is 0.625. The number of carbonyl (C=O) groups excluding carboxylic acids is 1. The van der Waals surface area contributed by atoms with Gasteiger partial charge in [0.2, 0.25) is 0 Å². The fourth-order valence-electron chi connectivity index (χ4n) is 4.11. The molecule has 0 saturated carbocycles. The molecule has 0 bridgehead atoms. The second kappa shape index (κ2) is 8.75. The van der Waals surface area contributed by atoms with E-state index < -0.39 is 5.60 Å². The maximum atomic E-state index is 12.2. The molecule has 5 nitrogen and oxygen atoms in total. The van der Waals surface area contributed by atoms with Crippen LogP contribution in [0.25, 0.3) is 11.3 Å². The van der Waals surface area contributed by atoms with Crippen LogP contribution in [0.5, 0.6) is 0 Å². The molecule has 1 saturated heterocycles. The standard InChI is InChI=1S/C23H30ClN3O2S/c1-23(2,3)29-22(28)27-11-9-15(10-12-27)14-25-21-26-20-18-13-17(24)8-7-16(18)5-4-6-19(20)30-21/h7-8,13,15H,4-6,9-12,14H2,1-3H3,(H,25,26). The van der Waals surface area contributed by atoms with Crippen molar-refractivity contribution >= 4 is 34.2 Å². The van der Waals surface area contributed by atoms with Crippen LogP contribution in [0, 0.1) is 5.92 Å². The highest BCUT2D eigenvalue weighted by molar-refractivity contribution is 7.16. The van der Waals surface area contributed by atoms with E-state index in [2.05, 4.69) is 17.4 Å². The molecule has 30 heavy (non-hydrogen) atoms. The second-order valence-electron chi connectivity index (χ2n) is 9.24. The van der Waals surface area contributed by atoms with Crippen LogP contribution < -0.4 is 5.32 Å². The highest BCUT2D eigenvalue weighted by Crippen LogP contribution is 2.38. The number of anilines is 1. The van der Waals surface area contributed by atoms with Gasteiger partial charge in [-0.2, -0.15) is 0 Å². The average molecular weight is 448 g/mol. The van der Waals surface area contributed by atoms with E-state index in [1.807, 2.05) is 31.7 Å². The zero-order chi connectivity index (χ0) is 21.3. The van der Waals surface area contributed by atoms with Crippen LogP contribution in [0.4, 0.5) is 9.93 Å². The smallest absolute Gasteiger partial charge is 0.410 e. The number of thiazole rings is 1. The maximum Gasteiger partial charge on any atom is 0.410 e. The second-order valence-corrected chi connectivity index (χ2v) is 10.8. The van der Waals surface area contributed by atoms with Crippen molar-refractivity contribution < 1.29 is 9.53 Å². The van der Waals surface area contributed by atoms with E-state index in [-0.39, 0.29) is 6.09 Å². The summed E-state index contributed by atoms with van der Waals surface area (Å²) in [5, 5.41) is 5.31. The molecule has 0 unspecified atom stereocenters. The number of piperidine rings is 1. The Morgan fingerprint density at radius 3 is 2.80 bits per heavy atom. The minimum Gasteiger partial charge on any atom is -0.444 e. The van der Waals surface area contributed by atoms with Crippen molar-refractivity contribution in [2.75, 3.05) is 25.0 Å². The predicted molar refractivity (Wildman–Crippen MR) is 124 cm³/mol. The molecule has 1 aromatic heterocycles. The Morgan fingerprint density at radius 1 is 1.30 bits per heavy atom. The highest BCUT2D eigenvalue weighted by atomic mass is 35.5. The van der Waals surface area contributed by atoms with Gasteiger partial charge < -0.3 is 15.0 Å². The van der Waals surface area contributed by atoms with Gasteiger partial charge >= 0.3 is 6.09 Å². The summed E-state index contributed by atoms with van der Waals surface area (Å²) in [5.74, 6) is 0.536. The number of fused-ring (bicyclic) bond motifs is 3. The van der Waals surface area contributed by atoms with Crippen LogP contribution in [-0.2, 0) is 17.6 Å². The first-order valence-electron chi connectivity index (χ1n) is 10.8. The minimum atomic E-state index is -0.443. The molecule has 1 aliphatic carbocycles. The number of benzene rings is 1. The fourth-order valence-corrected chi connectivity index (χ4v) is 5.31. The van der Waals surface area contributed by atoms with Gasteiger partial charge in [0, 0.05) is 35.1 Å². The summed E-state index contributed by atoms with van der Waals surface area (Å²) >= 11 is 8.03. The van der Waals surface area contributed by atoms with E-state index in [1.165, 1.54) is 16.0 Å². The van der Waals surface area contributed by atoms with Gasteiger partial charge in [-0.3, -0.25) is 0 Å². The molecule has 2 aromatic rings. The van der Waals surface area contributed by atoms with E-state index in [0.29, 0.717) is 5.92 Å². The van der Waals surface area contributed by atoms with Gasteiger partial charge in [-0.25, -0.2) is 9.78 Å². The molecule has 1 aliphatic heterocycles. The lowest BCUT2D eigenvalue weighted by Gasteiger charge is -2.33. The first-order chi connectivity index (χ1) is 14.3. The zero-order valence-electron chi connectivity index (χ0n) is 18.0. The van der Waals surface area contributed by atoms with Gasteiger partial charge in [0.1, 0.15) is 5.60 Å². The molecular formula is C23H30ClN3O2S. The fraction of sp³-hybridized carbons (Fsp3) is 0.565. The van der Waals surface area contributed by atoms with Crippen molar-refractivity contribution in [1.82, 2.24) is 9.88 Å². The van der Waals surface area contributed by atoms with E-state index in [1.54, 1.807) is 11.3 Å². The molecule has 0 spiro atoms. The Morgan fingerprint density at radius 2 is 2.07 bits per heavy atom. The molecule has 0 radical (unpaired) electrons. The number of halogens is 1. The Balaban J connectivity index is 1.34. The van der Waals surface area contributed by atoms with Crippen LogP contribution in [0.1, 0.15) is 50.5 Å². The summed E-state index contributed by atoms with van der Waals surface area (Å²) < 4.78 is 5.49. The number of aromatic nitrogens is 1. The number of likely N-dealkylation sites (tertiary alicyclic amines) is 1. The van der Waals surface area contributed by atoms with Gasteiger partial charge in [-0.05, 0) is 76.5 Å². The van der Waals surface area contributed by atoms with E-state index in [9.17, 15) is 4.79 Å². The SMILES string of the molecule is CC(C)(C)OC(=O)N1CCC(CNc2nc3c(s2)CCCc2ccc(Cl)cc2-3)CC1. The molecule has 2 heterocycles. The van der Waals surface area contributed by atoms with Gasteiger partial charge in [0.25, 0.3) is 0 Å². The van der Waals surface area contributed by atoms with Gasteiger partial charge in [-0.1, -0.05) is 17.7 Å². The van der Waals surface area contributed by atoms with Crippen molar-refractivity contribution in [1.29, 1.82) is 0 Å². The number of nitrogens with zero attached hydrogens (tertiary/aromatic N) is 2. The third-order valence-corrected chi connectivity index (χ3v) is 6.99. The number of carbonyl (C=O) groups is 1. The molecule has 2 aliphatic rings. The summed E-state index contributed by atoms with van der Waals surface area (Å²) in [7, 11) is 0. The van der Waals surface area contributed by atoms with Crippen molar-refractivity contribution in [3.05, 3.63) is 33.7 Å². The number of hydrogen-bond acceptors (Lipinski definition) is 5. The number of hydrogen-bond donors (Lipinski definition) is 1. The average Bonchev–Trinajstić information content (AvgIpc) is 3.02. The summed E-state index contributed by atoms with van der Waals surface area (Å²) in [4.78, 5) is 20.3. The topological polar surface area (TPSA) is 54.5 Å². The van der Waals surface area contributed by atoms with Crippen molar-refractivity contribution in [2.24, 2.45) is 5.92 Å². The minimum absolute atomic E-state index is 0.199. The number of nitrogens with one attached hydrogen (secondary N) is 1. The molecule has 1 amide bonds. The van der Waals surface area contributed by atoms with E-state index in [4.69, 9.17) is 21.3 Å². The number of rotatable bonds is 3. The van der Waals surface area contributed by atoms with Crippen LogP contribution in [0.2, 0.25) is 5.02 Å². The predicted octanol–water partition coefficient (Wildman–Crippen LogP) is 6.01. The van der Waals surface area contributed by atoms with Crippen molar-refractivity contribution in [3.8, 4) is 11.3 Å². The molecule has 4 rings (SSSR count). The van der Waals surface area contributed by atoms with Crippen molar-refractivity contribution in [3.63, 3.8) is 0 Å². The van der Waals surface area contributed by atoms with Gasteiger partial charge in [0.15, 0.2) is 5.13 Å². The monoisotopic (exact) mass is 447 g/mol. The molecule has 1 fully saturated rings. The van der Waals surface area contributed by atoms with Crippen LogP contribution in [0.3, 0.4) is 0 Å². The number of ether oxygens (including phenoxy) is 1. The molecule has 162 valence electrons.